The molecule has 2 aromatic carbocycles. The molecule has 0 bridgehead atoms. The summed E-state index contributed by atoms with van der Waals surface area (Å²) >= 11 is 0. The molecule has 4 heteroatoms. The van der Waals surface area contributed by atoms with Gasteiger partial charge in [-0.2, -0.15) is 0 Å². The van der Waals surface area contributed by atoms with Crippen LogP contribution in [0.15, 0.2) is 60.7 Å². The summed E-state index contributed by atoms with van der Waals surface area (Å²) in [7, 11) is -0.159. The number of carbonyl (C=O) groups is 1. The van der Waals surface area contributed by atoms with Crippen molar-refractivity contribution < 1.29 is 9.90 Å². The van der Waals surface area contributed by atoms with Crippen molar-refractivity contribution >= 4 is 25.0 Å². The van der Waals surface area contributed by atoms with Crippen molar-refractivity contribution in [3.8, 4) is 0 Å². The van der Waals surface area contributed by atoms with Crippen LogP contribution in [0.4, 0.5) is 0 Å². The average Bonchev–Trinajstić information content (AvgIpc) is 2.67. The summed E-state index contributed by atoms with van der Waals surface area (Å²) < 4.78 is 0. The van der Waals surface area contributed by atoms with E-state index in [9.17, 15) is 4.79 Å². The van der Waals surface area contributed by atoms with Gasteiger partial charge in [-0.25, -0.2) is 0 Å². The number of carboxylic acids is 1. The minimum absolute atomic E-state index is 0.0228. The van der Waals surface area contributed by atoms with E-state index in [0.717, 1.165) is 18.4 Å². The molecule has 0 radical (unpaired) electrons. The Hall–Kier alpha value is -1.66. The van der Waals surface area contributed by atoms with Crippen molar-refractivity contribution in [2.75, 3.05) is 0 Å². The molecule has 0 fully saturated rings. The van der Waals surface area contributed by atoms with E-state index in [1.54, 1.807) is 0 Å². The summed E-state index contributed by atoms with van der Waals surface area (Å²) in [5.41, 5.74) is 3.86. The molecule has 0 saturated carbocycles. The molecule has 0 aliphatic heterocycles. The predicted octanol–water partition coefficient (Wildman–Crippen LogP) is 3.97. The summed E-state index contributed by atoms with van der Waals surface area (Å²) in [5, 5.41) is 8.83. The highest BCUT2D eigenvalue weighted by atomic mass is 28.2. The maximum atomic E-state index is 10.7. The molecule has 0 saturated heterocycles. The lowest BCUT2D eigenvalue weighted by Crippen LogP contribution is -2.10. The summed E-state index contributed by atoms with van der Waals surface area (Å²) in [5.74, 6) is -0.654. The SMILES string of the molecule is O=C(O)CCCCC(CC[SiH2]Cc1ccccc1)[SiH2]Cc1ccccc1. The molecule has 140 valence electrons. The highest BCUT2D eigenvalue weighted by Gasteiger charge is 2.10. The molecular weight excluding hydrogens is 352 g/mol. The van der Waals surface area contributed by atoms with Crippen LogP contribution in [-0.2, 0) is 16.9 Å². The van der Waals surface area contributed by atoms with Gasteiger partial charge in [-0.15, -0.1) is 0 Å². The molecule has 0 aliphatic carbocycles. The standard InChI is InChI=1S/C22H32O2Si2/c23-22(24)14-8-7-13-21(26-18-20-11-5-2-6-12-20)15-16-25-17-19-9-3-1-4-10-19/h1-6,9-12,21H,7-8,13-18,25-26H2,(H,23,24). The second-order valence-corrected chi connectivity index (χ2v) is 11.4. The van der Waals surface area contributed by atoms with Crippen molar-refractivity contribution in [3.05, 3.63) is 71.8 Å². The van der Waals surface area contributed by atoms with E-state index in [1.165, 1.54) is 42.1 Å². The molecule has 0 heterocycles. The molecular formula is C22H32O2Si2. The zero-order chi connectivity index (χ0) is 18.5. The third-order valence-electron chi connectivity index (χ3n) is 5.11. The molecule has 0 aliphatic rings. The smallest absolute Gasteiger partial charge is 0.303 e. The summed E-state index contributed by atoms with van der Waals surface area (Å²) in [4.78, 5) is 10.7. The number of hydrogen-bond donors (Lipinski definition) is 1. The molecule has 2 aromatic rings. The van der Waals surface area contributed by atoms with Crippen LogP contribution in [0.25, 0.3) is 0 Å². The third kappa shape index (κ3) is 9.16. The number of carboxylic acid groups (broad SMARTS) is 1. The normalized spacial score (nSPS) is 12.9. The van der Waals surface area contributed by atoms with E-state index in [1.807, 2.05) is 0 Å². The van der Waals surface area contributed by atoms with Gasteiger partial charge in [-0.3, -0.25) is 4.79 Å². The van der Waals surface area contributed by atoms with Gasteiger partial charge < -0.3 is 5.11 Å². The Morgan fingerprint density at radius 1 is 0.846 bits per heavy atom. The molecule has 1 N–H and O–H groups in total. The Balaban J connectivity index is 1.72. The molecule has 0 aromatic heterocycles. The molecule has 26 heavy (non-hydrogen) atoms. The lowest BCUT2D eigenvalue weighted by Gasteiger charge is -2.16. The Labute approximate surface area is 162 Å². The molecule has 2 nitrogen and oxygen atoms in total. The van der Waals surface area contributed by atoms with Crippen molar-refractivity contribution in [1.82, 2.24) is 0 Å². The topological polar surface area (TPSA) is 37.3 Å². The van der Waals surface area contributed by atoms with Crippen LogP contribution in [0, 0.1) is 0 Å². The van der Waals surface area contributed by atoms with Crippen LogP contribution in [-0.4, -0.2) is 30.1 Å². The molecule has 0 spiro atoms. The second kappa shape index (κ2) is 12.7. The molecule has 2 rings (SSSR count). The van der Waals surface area contributed by atoms with Crippen molar-refractivity contribution in [1.29, 1.82) is 0 Å². The Kier molecular flexibility index (Phi) is 10.1. The van der Waals surface area contributed by atoms with Crippen LogP contribution >= 0.6 is 0 Å². The van der Waals surface area contributed by atoms with Crippen LogP contribution in [0.2, 0.25) is 11.6 Å². The summed E-state index contributed by atoms with van der Waals surface area (Å²) in [6, 6.07) is 25.8. The summed E-state index contributed by atoms with van der Waals surface area (Å²) in [6.45, 7) is 0. The number of aliphatic carboxylic acids is 1. The van der Waals surface area contributed by atoms with Crippen LogP contribution < -0.4 is 0 Å². The predicted molar refractivity (Wildman–Crippen MR) is 117 cm³/mol. The van der Waals surface area contributed by atoms with Gasteiger partial charge in [0.05, 0.1) is 0 Å². The molecule has 1 unspecified atom stereocenters. The highest BCUT2D eigenvalue weighted by molar-refractivity contribution is 6.38. The second-order valence-electron chi connectivity index (χ2n) is 7.26. The van der Waals surface area contributed by atoms with Gasteiger partial charge in [-0.05, 0) is 18.5 Å². The van der Waals surface area contributed by atoms with Gasteiger partial charge in [-0.1, -0.05) is 103 Å². The van der Waals surface area contributed by atoms with Gasteiger partial charge in [0.15, 0.2) is 0 Å². The first-order chi connectivity index (χ1) is 12.7. The highest BCUT2D eigenvalue weighted by Crippen LogP contribution is 2.22. The molecule has 0 amide bonds. The van der Waals surface area contributed by atoms with Gasteiger partial charge in [0.2, 0.25) is 0 Å². The summed E-state index contributed by atoms with van der Waals surface area (Å²) in [6.07, 6.45) is 4.87. The first kappa shape index (κ1) is 20.7. The minimum atomic E-state index is -0.654. The Morgan fingerprint density at radius 3 is 2.08 bits per heavy atom. The fourth-order valence-corrected chi connectivity index (χ4v) is 8.23. The number of benzene rings is 2. The van der Waals surface area contributed by atoms with Gasteiger partial charge >= 0.3 is 5.97 Å². The van der Waals surface area contributed by atoms with E-state index >= 15 is 0 Å². The fourth-order valence-electron chi connectivity index (χ4n) is 3.56. The maximum absolute atomic E-state index is 10.7. The maximum Gasteiger partial charge on any atom is 0.303 e. The fraction of sp³-hybridized carbons (Fsp3) is 0.409. The zero-order valence-electron chi connectivity index (χ0n) is 15.8. The first-order valence-corrected chi connectivity index (χ1v) is 13.9. The Morgan fingerprint density at radius 2 is 1.46 bits per heavy atom. The van der Waals surface area contributed by atoms with Crippen LogP contribution in [0.5, 0.6) is 0 Å². The third-order valence-corrected chi connectivity index (χ3v) is 9.45. The van der Waals surface area contributed by atoms with E-state index in [0.29, 0.717) is 6.42 Å². The lowest BCUT2D eigenvalue weighted by atomic mass is 10.1. The lowest BCUT2D eigenvalue weighted by molar-refractivity contribution is -0.137. The van der Waals surface area contributed by atoms with E-state index in [-0.39, 0.29) is 19.0 Å². The van der Waals surface area contributed by atoms with Crippen molar-refractivity contribution in [2.24, 2.45) is 0 Å². The quantitative estimate of drug-likeness (QED) is 0.419. The Bertz CT molecular complexity index is 617. The zero-order valence-corrected chi connectivity index (χ0v) is 18.6. The van der Waals surface area contributed by atoms with E-state index in [2.05, 4.69) is 60.7 Å². The van der Waals surface area contributed by atoms with E-state index in [4.69, 9.17) is 5.11 Å². The van der Waals surface area contributed by atoms with Crippen molar-refractivity contribution in [2.45, 2.75) is 55.8 Å². The van der Waals surface area contributed by atoms with Crippen LogP contribution in [0.1, 0.15) is 43.2 Å². The largest absolute Gasteiger partial charge is 0.481 e. The van der Waals surface area contributed by atoms with Gasteiger partial charge in [0.25, 0.3) is 0 Å². The number of rotatable bonds is 13. The van der Waals surface area contributed by atoms with Crippen molar-refractivity contribution in [3.63, 3.8) is 0 Å². The minimum Gasteiger partial charge on any atom is -0.481 e. The first-order valence-electron chi connectivity index (χ1n) is 10.0. The number of hydrogen-bond acceptors (Lipinski definition) is 1. The average molecular weight is 385 g/mol. The molecule has 1 atom stereocenters. The monoisotopic (exact) mass is 384 g/mol. The van der Waals surface area contributed by atoms with Crippen LogP contribution in [0.3, 0.4) is 0 Å². The van der Waals surface area contributed by atoms with Gasteiger partial charge in [0.1, 0.15) is 0 Å². The number of unbranched alkanes of at least 4 members (excludes halogenated alkanes) is 1. The van der Waals surface area contributed by atoms with Gasteiger partial charge in [0, 0.05) is 25.5 Å². The van der Waals surface area contributed by atoms with E-state index < -0.39 is 5.97 Å².